The zero-order valence-electron chi connectivity index (χ0n) is 4.48. The highest BCUT2D eigenvalue weighted by Gasteiger charge is 1.90. The van der Waals surface area contributed by atoms with Crippen LogP contribution in [0.1, 0.15) is 6.42 Å². The molecule has 0 aromatic heterocycles. The maximum atomic E-state index is 5.39. The van der Waals surface area contributed by atoms with Crippen molar-refractivity contribution in [3.63, 3.8) is 0 Å². The van der Waals surface area contributed by atoms with Crippen molar-refractivity contribution in [1.29, 1.82) is 0 Å². The minimum Gasteiger partial charge on any atom is -0.105 e. The number of allylic oxidation sites excluding steroid dienone is 3. The van der Waals surface area contributed by atoms with Gasteiger partial charge in [0.1, 0.15) is 4.84 Å². The number of hydrogen-bond donors (Lipinski definition) is 0. The first-order valence-electron chi connectivity index (χ1n) is 2.33. The lowest BCUT2D eigenvalue weighted by molar-refractivity contribution is 1.16. The van der Waals surface area contributed by atoms with Crippen molar-refractivity contribution in [3.8, 4) is 0 Å². The van der Waals surface area contributed by atoms with Gasteiger partial charge in [0.05, 0.1) is 0 Å². The van der Waals surface area contributed by atoms with E-state index in [1.54, 1.807) is 6.08 Å². The van der Waals surface area contributed by atoms with Crippen molar-refractivity contribution in [2.24, 2.45) is 0 Å². The predicted octanol–water partition coefficient (Wildman–Crippen LogP) is 2.92. The van der Waals surface area contributed by atoms with E-state index in [4.69, 9.17) is 23.2 Å². The molecule has 0 saturated carbocycles. The van der Waals surface area contributed by atoms with Crippen LogP contribution in [0.25, 0.3) is 0 Å². The molecule has 0 unspecified atom stereocenters. The van der Waals surface area contributed by atoms with Crippen molar-refractivity contribution in [2.45, 2.75) is 11.3 Å². The van der Waals surface area contributed by atoms with Gasteiger partial charge in [-0.05, 0) is 6.42 Å². The first kappa shape index (κ1) is 8.06. The molecule has 8 heavy (non-hydrogen) atoms. The summed E-state index contributed by atoms with van der Waals surface area (Å²) in [5.41, 5.74) is 0. The lowest BCUT2D eigenvalue weighted by Gasteiger charge is -1.88. The molecule has 0 bridgehead atoms. The molecule has 0 aliphatic rings. The SMILES string of the molecule is C=CC=CCC(Cl)Cl. The van der Waals surface area contributed by atoms with Crippen LogP contribution in [0.15, 0.2) is 24.8 Å². The average molecular weight is 151 g/mol. The topological polar surface area (TPSA) is 0 Å². The molecule has 0 aliphatic heterocycles. The summed E-state index contributed by atoms with van der Waals surface area (Å²) >= 11 is 10.8. The van der Waals surface area contributed by atoms with Gasteiger partial charge in [0.2, 0.25) is 0 Å². The van der Waals surface area contributed by atoms with Gasteiger partial charge in [-0.3, -0.25) is 0 Å². The third-order valence-electron chi connectivity index (χ3n) is 0.586. The highest BCUT2D eigenvalue weighted by atomic mass is 35.5. The van der Waals surface area contributed by atoms with E-state index >= 15 is 0 Å². The van der Waals surface area contributed by atoms with Crippen molar-refractivity contribution < 1.29 is 0 Å². The molecule has 0 radical (unpaired) electrons. The number of rotatable bonds is 3. The third kappa shape index (κ3) is 6.06. The molecule has 0 spiro atoms. The molecule has 0 amide bonds. The molecular weight excluding hydrogens is 143 g/mol. The van der Waals surface area contributed by atoms with E-state index in [-0.39, 0.29) is 4.84 Å². The van der Waals surface area contributed by atoms with Crippen molar-refractivity contribution in [2.75, 3.05) is 0 Å². The Balaban J connectivity index is 3.15. The van der Waals surface area contributed by atoms with E-state index < -0.39 is 0 Å². The molecule has 0 nitrogen and oxygen atoms in total. The van der Waals surface area contributed by atoms with E-state index in [0.717, 1.165) is 0 Å². The van der Waals surface area contributed by atoms with Gasteiger partial charge >= 0.3 is 0 Å². The monoisotopic (exact) mass is 150 g/mol. The highest BCUT2D eigenvalue weighted by molar-refractivity contribution is 6.44. The van der Waals surface area contributed by atoms with Crippen LogP contribution in [0, 0.1) is 0 Å². The van der Waals surface area contributed by atoms with Crippen LogP contribution in [0.4, 0.5) is 0 Å². The molecule has 0 N–H and O–H groups in total. The van der Waals surface area contributed by atoms with Gasteiger partial charge in [-0.2, -0.15) is 0 Å². The second kappa shape index (κ2) is 5.20. The average Bonchev–Trinajstić information content (AvgIpc) is 1.66. The molecule has 0 fully saturated rings. The first-order chi connectivity index (χ1) is 3.77. The Bertz CT molecular complexity index is 84.5. The second-order valence-electron chi connectivity index (χ2n) is 1.29. The smallest absolute Gasteiger partial charge is 0.105 e. The predicted molar refractivity (Wildman–Crippen MR) is 39.4 cm³/mol. The lowest BCUT2D eigenvalue weighted by Crippen LogP contribution is -1.79. The van der Waals surface area contributed by atoms with Gasteiger partial charge in [-0.25, -0.2) is 0 Å². The van der Waals surface area contributed by atoms with Crippen molar-refractivity contribution in [3.05, 3.63) is 24.8 Å². The Kier molecular flexibility index (Phi) is 5.24. The lowest BCUT2D eigenvalue weighted by atomic mass is 10.4. The van der Waals surface area contributed by atoms with E-state index in [9.17, 15) is 0 Å². The molecule has 0 aromatic carbocycles. The van der Waals surface area contributed by atoms with Crippen LogP contribution in [0.3, 0.4) is 0 Å². The summed E-state index contributed by atoms with van der Waals surface area (Å²) in [4.78, 5) is -0.286. The van der Waals surface area contributed by atoms with Crippen LogP contribution >= 0.6 is 23.2 Å². The minimum absolute atomic E-state index is 0.286. The highest BCUT2D eigenvalue weighted by Crippen LogP contribution is 2.06. The van der Waals surface area contributed by atoms with Gasteiger partial charge in [0, 0.05) is 0 Å². The summed E-state index contributed by atoms with van der Waals surface area (Å²) in [7, 11) is 0. The Morgan fingerprint density at radius 2 is 2.12 bits per heavy atom. The summed E-state index contributed by atoms with van der Waals surface area (Å²) in [6.45, 7) is 3.48. The number of hydrogen-bond acceptors (Lipinski definition) is 0. The standard InChI is InChI=1S/C6H8Cl2/c1-2-3-4-5-6(7)8/h2-4,6H,1,5H2. The summed E-state index contributed by atoms with van der Waals surface area (Å²) in [5.74, 6) is 0. The van der Waals surface area contributed by atoms with Crippen LogP contribution in [0.2, 0.25) is 0 Å². The molecule has 0 rings (SSSR count). The number of alkyl halides is 2. The van der Waals surface area contributed by atoms with Gasteiger partial charge < -0.3 is 0 Å². The maximum Gasteiger partial charge on any atom is 0.111 e. The van der Waals surface area contributed by atoms with E-state index in [1.165, 1.54) is 0 Å². The van der Waals surface area contributed by atoms with Gasteiger partial charge in [-0.15, -0.1) is 23.2 Å². The van der Waals surface area contributed by atoms with E-state index in [0.29, 0.717) is 6.42 Å². The molecule has 0 heterocycles. The molecular formula is C6H8Cl2. The Morgan fingerprint density at radius 3 is 2.50 bits per heavy atom. The molecule has 0 aromatic rings. The van der Waals surface area contributed by atoms with Gasteiger partial charge in [-0.1, -0.05) is 24.8 Å². The fraction of sp³-hybridized carbons (Fsp3) is 0.333. The normalized spacial score (nSPS) is 10.9. The zero-order chi connectivity index (χ0) is 6.41. The van der Waals surface area contributed by atoms with Crippen LogP contribution < -0.4 is 0 Å². The van der Waals surface area contributed by atoms with Crippen LogP contribution in [-0.4, -0.2) is 4.84 Å². The Hall–Kier alpha value is 0.0600. The molecule has 0 aliphatic carbocycles. The van der Waals surface area contributed by atoms with E-state index in [1.807, 2.05) is 12.2 Å². The fourth-order valence-electron chi connectivity index (χ4n) is 0.278. The largest absolute Gasteiger partial charge is 0.111 e. The minimum atomic E-state index is -0.286. The molecule has 0 atom stereocenters. The van der Waals surface area contributed by atoms with Crippen LogP contribution in [0.5, 0.6) is 0 Å². The van der Waals surface area contributed by atoms with Gasteiger partial charge in [0.25, 0.3) is 0 Å². The fourth-order valence-corrected chi connectivity index (χ4v) is 0.483. The Labute approximate surface area is 59.8 Å². The summed E-state index contributed by atoms with van der Waals surface area (Å²) in [6, 6.07) is 0. The third-order valence-corrected chi connectivity index (χ3v) is 0.943. The summed E-state index contributed by atoms with van der Waals surface area (Å²) < 4.78 is 0. The van der Waals surface area contributed by atoms with Crippen molar-refractivity contribution in [1.82, 2.24) is 0 Å². The van der Waals surface area contributed by atoms with Crippen molar-refractivity contribution >= 4 is 23.2 Å². The van der Waals surface area contributed by atoms with E-state index in [2.05, 4.69) is 6.58 Å². The zero-order valence-corrected chi connectivity index (χ0v) is 5.99. The molecule has 46 valence electrons. The quantitative estimate of drug-likeness (QED) is 0.429. The second-order valence-corrected chi connectivity index (χ2v) is 2.57. The van der Waals surface area contributed by atoms with Gasteiger partial charge in [0.15, 0.2) is 0 Å². The first-order valence-corrected chi connectivity index (χ1v) is 3.20. The molecule has 2 heteroatoms. The molecule has 0 saturated heterocycles. The summed E-state index contributed by atoms with van der Waals surface area (Å²) in [5, 5.41) is 0. The maximum absolute atomic E-state index is 5.39. The van der Waals surface area contributed by atoms with Crippen LogP contribution in [-0.2, 0) is 0 Å². The Morgan fingerprint density at radius 1 is 1.50 bits per heavy atom. The number of halogens is 2. The summed E-state index contributed by atoms with van der Waals surface area (Å²) in [6.07, 6.45) is 6.07.